The Balaban J connectivity index is 3.08. The van der Waals surface area contributed by atoms with Crippen molar-refractivity contribution in [3.63, 3.8) is 0 Å². The number of phenolic OH excluding ortho intramolecular Hbond substituents is 1. The Labute approximate surface area is 83.5 Å². The highest BCUT2D eigenvalue weighted by Gasteiger charge is 2.08. The molecule has 0 amide bonds. The number of phenols is 1. The van der Waals surface area contributed by atoms with Crippen molar-refractivity contribution < 1.29 is 14.3 Å². The molecule has 13 heavy (non-hydrogen) atoms. The molecule has 2 nitrogen and oxygen atoms in total. The van der Waals surface area contributed by atoms with Gasteiger partial charge in [0.1, 0.15) is 17.3 Å². The number of Topliss-reactive ketones (excluding diaryl/α,β-unsaturated/α-hetero) is 1. The molecule has 1 N–H and O–H groups in total. The van der Waals surface area contributed by atoms with Crippen LogP contribution in [0.3, 0.4) is 0 Å². The van der Waals surface area contributed by atoms with Crippen LogP contribution in [-0.2, 0) is 11.2 Å². The van der Waals surface area contributed by atoms with Gasteiger partial charge in [0.2, 0.25) is 0 Å². The average molecular weight is 247 g/mol. The minimum absolute atomic E-state index is 0.0752. The van der Waals surface area contributed by atoms with E-state index in [1.165, 1.54) is 13.0 Å². The lowest BCUT2D eigenvalue weighted by Crippen LogP contribution is -1.97. The van der Waals surface area contributed by atoms with Crippen LogP contribution < -0.4 is 0 Å². The van der Waals surface area contributed by atoms with Gasteiger partial charge in [-0.3, -0.25) is 4.79 Å². The smallest absolute Gasteiger partial charge is 0.141 e. The van der Waals surface area contributed by atoms with Gasteiger partial charge in [-0.1, -0.05) is 0 Å². The van der Waals surface area contributed by atoms with Crippen LogP contribution in [0.2, 0.25) is 0 Å². The normalized spacial score (nSPS) is 10.1. The van der Waals surface area contributed by atoms with Gasteiger partial charge in [0, 0.05) is 18.1 Å². The van der Waals surface area contributed by atoms with Crippen molar-refractivity contribution >= 4 is 21.7 Å². The second-order valence-electron chi connectivity index (χ2n) is 2.77. The Kier molecular flexibility index (Phi) is 3.03. The van der Waals surface area contributed by atoms with Gasteiger partial charge in [-0.2, -0.15) is 0 Å². The first-order valence-electron chi connectivity index (χ1n) is 3.67. The number of hydrogen-bond acceptors (Lipinski definition) is 2. The zero-order valence-corrected chi connectivity index (χ0v) is 8.56. The van der Waals surface area contributed by atoms with Gasteiger partial charge in [0.25, 0.3) is 0 Å². The third-order valence-corrected chi connectivity index (χ3v) is 2.17. The summed E-state index contributed by atoms with van der Waals surface area (Å²) in [5.41, 5.74) is 0.431. The SMILES string of the molecule is CC(=O)Cc1cc(Br)c(F)cc1O. The molecule has 1 aromatic rings. The Hall–Kier alpha value is -0.900. The molecule has 4 heteroatoms. The lowest BCUT2D eigenvalue weighted by molar-refractivity contribution is -0.116. The molecule has 0 heterocycles. The van der Waals surface area contributed by atoms with E-state index in [0.29, 0.717) is 5.56 Å². The molecule has 0 aromatic heterocycles. The van der Waals surface area contributed by atoms with E-state index < -0.39 is 5.82 Å². The molecule has 0 fully saturated rings. The summed E-state index contributed by atoms with van der Waals surface area (Å²) in [5.74, 6) is -0.797. The fraction of sp³-hybridized carbons (Fsp3) is 0.222. The van der Waals surface area contributed by atoms with Gasteiger partial charge in [-0.15, -0.1) is 0 Å². The molecular weight excluding hydrogens is 239 g/mol. The maximum atomic E-state index is 12.8. The molecule has 1 rings (SSSR count). The van der Waals surface area contributed by atoms with Gasteiger partial charge in [-0.05, 0) is 28.9 Å². The molecule has 0 unspecified atom stereocenters. The number of halogens is 2. The van der Waals surface area contributed by atoms with Crippen LogP contribution in [0.5, 0.6) is 5.75 Å². The first kappa shape index (κ1) is 10.2. The quantitative estimate of drug-likeness (QED) is 0.871. The molecule has 0 aliphatic rings. The van der Waals surface area contributed by atoms with Crippen LogP contribution >= 0.6 is 15.9 Å². The number of carbonyl (C=O) groups is 1. The molecule has 0 aliphatic carbocycles. The summed E-state index contributed by atoms with van der Waals surface area (Å²) in [6, 6.07) is 2.40. The number of aromatic hydroxyl groups is 1. The van der Waals surface area contributed by atoms with E-state index in [-0.39, 0.29) is 22.4 Å². The molecule has 0 radical (unpaired) electrons. The van der Waals surface area contributed by atoms with E-state index in [2.05, 4.69) is 15.9 Å². The third kappa shape index (κ3) is 2.52. The molecule has 1 aromatic carbocycles. The summed E-state index contributed by atoms with van der Waals surface area (Å²) in [6.45, 7) is 1.41. The van der Waals surface area contributed by atoms with E-state index in [1.54, 1.807) is 0 Å². The van der Waals surface area contributed by atoms with E-state index in [0.717, 1.165) is 6.07 Å². The summed E-state index contributed by atoms with van der Waals surface area (Å²) >= 11 is 2.97. The second-order valence-corrected chi connectivity index (χ2v) is 3.63. The maximum absolute atomic E-state index is 12.8. The van der Waals surface area contributed by atoms with Crippen LogP contribution in [0.1, 0.15) is 12.5 Å². The van der Waals surface area contributed by atoms with Crippen molar-refractivity contribution in [1.29, 1.82) is 0 Å². The Morgan fingerprint density at radius 3 is 2.77 bits per heavy atom. The molecule has 70 valence electrons. The van der Waals surface area contributed by atoms with Crippen molar-refractivity contribution in [2.24, 2.45) is 0 Å². The van der Waals surface area contributed by atoms with E-state index in [4.69, 9.17) is 0 Å². The monoisotopic (exact) mass is 246 g/mol. The van der Waals surface area contributed by atoms with Gasteiger partial charge >= 0.3 is 0 Å². The van der Waals surface area contributed by atoms with Crippen molar-refractivity contribution in [3.05, 3.63) is 28.0 Å². The zero-order chi connectivity index (χ0) is 10.0. The number of carbonyl (C=O) groups excluding carboxylic acids is 1. The minimum atomic E-state index is -0.537. The summed E-state index contributed by atoms with van der Waals surface area (Å²) in [6.07, 6.45) is 0.116. The fourth-order valence-corrected chi connectivity index (χ4v) is 1.38. The van der Waals surface area contributed by atoms with Crippen molar-refractivity contribution in [2.45, 2.75) is 13.3 Å². The molecule has 0 aliphatic heterocycles. The Morgan fingerprint density at radius 2 is 2.23 bits per heavy atom. The zero-order valence-electron chi connectivity index (χ0n) is 6.97. The standard InChI is InChI=1S/C9H8BrFO2/c1-5(12)2-6-3-7(10)8(11)4-9(6)13/h3-4,13H,2H2,1H3. The van der Waals surface area contributed by atoms with Gasteiger partial charge in [0.15, 0.2) is 0 Å². The molecule has 0 atom stereocenters. The number of ketones is 1. The first-order valence-corrected chi connectivity index (χ1v) is 4.46. The highest BCUT2D eigenvalue weighted by atomic mass is 79.9. The maximum Gasteiger partial charge on any atom is 0.141 e. The lowest BCUT2D eigenvalue weighted by Gasteiger charge is -2.03. The molecule has 0 bridgehead atoms. The van der Waals surface area contributed by atoms with Crippen LogP contribution in [0.4, 0.5) is 4.39 Å². The van der Waals surface area contributed by atoms with Gasteiger partial charge in [0.05, 0.1) is 4.47 Å². The van der Waals surface area contributed by atoms with E-state index in [1.807, 2.05) is 0 Å². The van der Waals surface area contributed by atoms with E-state index >= 15 is 0 Å². The topological polar surface area (TPSA) is 37.3 Å². The van der Waals surface area contributed by atoms with Crippen LogP contribution in [0.15, 0.2) is 16.6 Å². The first-order chi connectivity index (χ1) is 6.00. The fourth-order valence-electron chi connectivity index (χ4n) is 0.987. The predicted molar refractivity (Wildman–Crippen MR) is 50.1 cm³/mol. The van der Waals surface area contributed by atoms with Crippen molar-refractivity contribution in [1.82, 2.24) is 0 Å². The predicted octanol–water partition coefficient (Wildman–Crippen LogP) is 2.43. The Morgan fingerprint density at radius 1 is 1.62 bits per heavy atom. The highest BCUT2D eigenvalue weighted by molar-refractivity contribution is 9.10. The van der Waals surface area contributed by atoms with Crippen LogP contribution in [-0.4, -0.2) is 10.9 Å². The molecular formula is C9H8BrFO2. The van der Waals surface area contributed by atoms with Crippen LogP contribution in [0, 0.1) is 5.82 Å². The average Bonchev–Trinajstić information content (AvgIpc) is 1.99. The van der Waals surface area contributed by atoms with E-state index in [9.17, 15) is 14.3 Å². The number of hydrogen-bond donors (Lipinski definition) is 1. The van der Waals surface area contributed by atoms with Gasteiger partial charge in [-0.25, -0.2) is 4.39 Å². The lowest BCUT2D eigenvalue weighted by atomic mass is 10.1. The van der Waals surface area contributed by atoms with Crippen molar-refractivity contribution in [3.8, 4) is 5.75 Å². The van der Waals surface area contributed by atoms with Crippen molar-refractivity contribution in [2.75, 3.05) is 0 Å². The highest BCUT2D eigenvalue weighted by Crippen LogP contribution is 2.25. The summed E-state index contributed by atoms with van der Waals surface area (Å²) in [7, 11) is 0. The summed E-state index contributed by atoms with van der Waals surface area (Å²) in [4.78, 5) is 10.7. The van der Waals surface area contributed by atoms with Gasteiger partial charge < -0.3 is 5.11 Å². The number of benzene rings is 1. The third-order valence-electron chi connectivity index (χ3n) is 1.56. The summed E-state index contributed by atoms with van der Waals surface area (Å²) < 4.78 is 13.1. The minimum Gasteiger partial charge on any atom is -0.508 e. The second kappa shape index (κ2) is 3.87. The Bertz CT molecular complexity index is 350. The number of rotatable bonds is 2. The molecule has 0 saturated heterocycles. The largest absolute Gasteiger partial charge is 0.508 e. The summed E-state index contributed by atoms with van der Waals surface area (Å²) in [5, 5.41) is 9.25. The molecule has 0 spiro atoms. The van der Waals surface area contributed by atoms with Crippen LogP contribution in [0.25, 0.3) is 0 Å². The molecule has 0 saturated carbocycles.